The maximum Gasteiger partial charge on any atom is 0.293 e. The van der Waals surface area contributed by atoms with Crippen molar-refractivity contribution in [2.24, 2.45) is 0 Å². The third-order valence-corrected chi connectivity index (χ3v) is 5.82. The van der Waals surface area contributed by atoms with Crippen molar-refractivity contribution in [1.29, 1.82) is 0 Å². The van der Waals surface area contributed by atoms with E-state index in [9.17, 15) is 19.7 Å². The van der Waals surface area contributed by atoms with Gasteiger partial charge in [0.05, 0.1) is 16.3 Å². The zero-order valence-corrected chi connectivity index (χ0v) is 19.7. The molecule has 11 heteroatoms. The molecule has 0 aliphatic carbocycles. The van der Waals surface area contributed by atoms with Gasteiger partial charge in [0.25, 0.3) is 11.6 Å². The number of amides is 2. The van der Waals surface area contributed by atoms with Crippen LogP contribution in [0.5, 0.6) is 0 Å². The van der Waals surface area contributed by atoms with Crippen LogP contribution in [-0.4, -0.2) is 52.9 Å². The van der Waals surface area contributed by atoms with Crippen molar-refractivity contribution in [2.75, 3.05) is 36.4 Å². The number of nitro benzene ring substituents is 1. The molecular weight excluding hydrogens is 470 g/mol. The van der Waals surface area contributed by atoms with E-state index in [1.807, 2.05) is 29.2 Å². The summed E-state index contributed by atoms with van der Waals surface area (Å²) in [6.07, 6.45) is 0. The van der Waals surface area contributed by atoms with E-state index in [4.69, 9.17) is 16.6 Å². The highest BCUT2D eigenvalue weighted by atomic mass is 32.1. The lowest BCUT2D eigenvalue weighted by Crippen LogP contribution is -2.48. The maximum atomic E-state index is 12.7. The van der Waals surface area contributed by atoms with E-state index in [0.717, 1.165) is 11.4 Å². The van der Waals surface area contributed by atoms with Gasteiger partial charge < -0.3 is 19.5 Å². The number of carbonyl (C=O) groups excluding carboxylic acids is 2. The Morgan fingerprint density at radius 2 is 1.77 bits per heavy atom. The number of non-ortho nitro benzene ring substituents is 1. The fourth-order valence-electron chi connectivity index (χ4n) is 3.82. The lowest BCUT2D eigenvalue weighted by atomic mass is 10.1. The predicted molar refractivity (Wildman–Crippen MR) is 135 cm³/mol. The van der Waals surface area contributed by atoms with Gasteiger partial charge in [0.15, 0.2) is 10.9 Å². The molecule has 0 radical (unpaired) electrons. The summed E-state index contributed by atoms with van der Waals surface area (Å²) in [6.45, 7) is 4.21. The fourth-order valence-corrected chi connectivity index (χ4v) is 4.03. The topological polar surface area (TPSA) is 121 Å². The van der Waals surface area contributed by atoms with Crippen LogP contribution in [0, 0.1) is 10.1 Å². The molecule has 2 heterocycles. The smallest absolute Gasteiger partial charge is 0.293 e. The molecule has 2 N–H and O–H groups in total. The van der Waals surface area contributed by atoms with Crippen molar-refractivity contribution < 1.29 is 18.9 Å². The van der Waals surface area contributed by atoms with Gasteiger partial charge in [0, 0.05) is 50.8 Å². The Bertz CT molecular complexity index is 1280. The van der Waals surface area contributed by atoms with E-state index in [2.05, 4.69) is 15.5 Å². The third-order valence-electron chi connectivity index (χ3n) is 5.62. The van der Waals surface area contributed by atoms with Crippen molar-refractivity contribution in [3.8, 4) is 11.3 Å². The van der Waals surface area contributed by atoms with E-state index in [0.29, 0.717) is 37.5 Å². The third kappa shape index (κ3) is 5.64. The van der Waals surface area contributed by atoms with Crippen molar-refractivity contribution in [1.82, 2.24) is 10.2 Å². The number of hydrogen-bond acceptors (Lipinski definition) is 7. The Morgan fingerprint density at radius 1 is 1.03 bits per heavy atom. The molecule has 1 aliphatic rings. The van der Waals surface area contributed by atoms with Gasteiger partial charge in [-0.1, -0.05) is 24.3 Å². The van der Waals surface area contributed by atoms with Gasteiger partial charge in [-0.25, -0.2) is 0 Å². The number of hydrogen-bond donors (Lipinski definition) is 2. The molecule has 2 aromatic carbocycles. The van der Waals surface area contributed by atoms with E-state index in [-0.39, 0.29) is 22.5 Å². The SMILES string of the molecule is CC(=O)N1CCN(c2ccccc2NC(=S)NC(=O)c2ccc(-c3cccc([N+](=O)[O-])c3)o2)CC1. The number of nitrogens with zero attached hydrogens (tertiary/aromatic N) is 3. The summed E-state index contributed by atoms with van der Waals surface area (Å²) in [6, 6.07) is 16.6. The lowest BCUT2D eigenvalue weighted by molar-refractivity contribution is -0.384. The number of carbonyl (C=O) groups is 2. The normalized spacial score (nSPS) is 13.3. The highest BCUT2D eigenvalue weighted by Crippen LogP contribution is 2.27. The van der Waals surface area contributed by atoms with Crippen LogP contribution in [0.4, 0.5) is 17.1 Å². The molecule has 0 unspecified atom stereocenters. The number of thiocarbonyl (C=S) groups is 1. The number of nitro groups is 1. The number of piperazine rings is 1. The summed E-state index contributed by atoms with van der Waals surface area (Å²) in [7, 11) is 0. The van der Waals surface area contributed by atoms with Crippen molar-refractivity contribution in [3.05, 3.63) is 76.5 Å². The Hall–Kier alpha value is -4.25. The van der Waals surface area contributed by atoms with Gasteiger partial charge in [-0.2, -0.15) is 0 Å². The van der Waals surface area contributed by atoms with Crippen LogP contribution in [0.15, 0.2) is 65.1 Å². The first-order valence-electron chi connectivity index (χ1n) is 10.9. The summed E-state index contributed by atoms with van der Waals surface area (Å²) < 4.78 is 5.60. The number of benzene rings is 2. The first kappa shape index (κ1) is 23.9. The molecular formula is C24H23N5O5S. The minimum absolute atomic E-state index is 0.0179. The molecule has 2 amide bonds. The minimum Gasteiger partial charge on any atom is -0.451 e. The monoisotopic (exact) mass is 493 g/mol. The predicted octanol–water partition coefficient (Wildman–Crippen LogP) is 3.65. The molecule has 1 aliphatic heterocycles. The van der Waals surface area contributed by atoms with Gasteiger partial charge in [0.2, 0.25) is 5.91 Å². The minimum atomic E-state index is -0.549. The molecule has 180 valence electrons. The Balaban J connectivity index is 1.40. The van der Waals surface area contributed by atoms with Crippen LogP contribution < -0.4 is 15.5 Å². The van der Waals surface area contributed by atoms with Crippen molar-refractivity contribution in [2.45, 2.75) is 6.92 Å². The highest BCUT2D eigenvalue weighted by molar-refractivity contribution is 7.80. The summed E-state index contributed by atoms with van der Waals surface area (Å²) in [5.41, 5.74) is 2.05. The standard InChI is InChI=1S/C24H23N5O5S/c1-16(30)27-11-13-28(14-12-27)20-8-3-2-7-19(20)25-24(35)26-23(31)22-10-9-21(34-22)17-5-4-6-18(15-17)29(32)33/h2-10,15H,11-14H2,1H3,(H2,25,26,31,35). The summed E-state index contributed by atoms with van der Waals surface area (Å²) in [5, 5.41) is 16.8. The van der Waals surface area contributed by atoms with Crippen LogP contribution in [0.3, 0.4) is 0 Å². The summed E-state index contributed by atoms with van der Waals surface area (Å²) in [4.78, 5) is 38.7. The first-order valence-corrected chi connectivity index (χ1v) is 11.3. The quantitative estimate of drug-likeness (QED) is 0.314. The molecule has 1 saturated heterocycles. The largest absolute Gasteiger partial charge is 0.451 e. The number of furan rings is 1. The molecule has 0 bridgehead atoms. The summed E-state index contributed by atoms with van der Waals surface area (Å²) >= 11 is 5.34. The van der Waals surface area contributed by atoms with Crippen LogP contribution in [-0.2, 0) is 4.79 Å². The molecule has 0 saturated carbocycles. The van der Waals surface area contributed by atoms with Gasteiger partial charge >= 0.3 is 0 Å². The molecule has 1 aromatic heterocycles. The average molecular weight is 494 g/mol. The van der Waals surface area contributed by atoms with Gasteiger partial charge in [-0.15, -0.1) is 0 Å². The number of anilines is 2. The highest BCUT2D eigenvalue weighted by Gasteiger charge is 2.21. The van der Waals surface area contributed by atoms with Gasteiger partial charge in [-0.05, 0) is 36.5 Å². The van der Waals surface area contributed by atoms with Crippen molar-refractivity contribution in [3.63, 3.8) is 0 Å². The zero-order chi connectivity index (χ0) is 24.9. The number of rotatable bonds is 5. The second kappa shape index (κ2) is 10.3. The van der Waals surface area contributed by atoms with Gasteiger partial charge in [-0.3, -0.25) is 25.0 Å². The second-order valence-corrected chi connectivity index (χ2v) is 8.30. The molecule has 3 aromatic rings. The van der Waals surface area contributed by atoms with Crippen LogP contribution in [0.1, 0.15) is 17.5 Å². The van der Waals surface area contributed by atoms with Crippen molar-refractivity contribution >= 4 is 46.2 Å². The van der Waals surface area contributed by atoms with E-state index < -0.39 is 10.8 Å². The summed E-state index contributed by atoms with van der Waals surface area (Å²) in [5.74, 6) is -0.143. The Labute approximate surface area is 206 Å². The fraction of sp³-hybridized carbons (Fsp3) is 0.208. The van der Waals surface area contributed by atoms with Crippen LogP contribution in [0.2, 0.25) is 0 Å². The van der Waals surface area contributed by atoms with E-state index in [1.165, 1.54) is 18.2 Å². The molecule has 1 fully saturated rings. The lowest BCUT2D eigenvalue weighted by Gasteiger charge is -2.36. The molecule has 10 nitrogen and oxygen atoms in total. The maximum absolute atomic E-state index is 12.7. The molecule has 0 spiro atoms. The van der Waals surface area contributed by atoms with E-state index in [1.54, 1.807) is 25.1 Å². The zero-order valence-electron chi connectivity index (χ0n) is 18.9. The number of para-hydroxylation sites is 2. The number of nitrogens with one attached hydrogen (secondary N) is 2. The molecule has 35 heavy (non-hydrogen) atoms. The molecule has 4 rings (SSSR count). The Kier molecular flexibility index (Phi) is 7.06. The van der Waals surface area contributed by atoms with Crippen LogP contribution in [0.25, 0.3) is 11.3 Å². The van der Waals surface area contributed by atoms with Crippen LogP contribution >= 0.6 is 12.2 Å². The first-order chi connectivity index (χ1) is 16.8. The second-order valence-electron chi connectivity index (χ2n) is 7.89. The van der Waals surface area contributed by atoms with Gasteiger partial charge in [0.1, 0.15) is 5.76 Å². The average Bonchev–Trinajstić information content (AvgIpc) is 3.35. The Morgan fingerprint density at radius 3 is 2.49 bits per heavy atom. The molecule has 0 atom stereocenters. The van der Waals surface area contributed by atoms with E-state index >= 15 is 0 Å².